The number of aliphatic carboxylic acids is 1. The van der Waals surface area contributed by atoms with Gasteiger partial charge in [0.1, 0.15) is 0 Å². The van der Waals surface area contributed by atoms with Crippen LogP contribution in [0.25, 0.3) is 0 Å². The lowest BCUT2D eigenvalue weighted by atomic mass is 10.1. The third kappa shape index (κ3) is 4.97. The molecule has 0 atom stereocenters. The lowest BCUT2D eigenvalue weighted by Gasteiger charge is -2.10. The van der Waals surface area contributed by atoms with Crippen molar-refractivity contribution in [2.45, 2.75) is 25.8 Å². The molecule has 0 heterocycles. The Kier molecular flexibility index (Phi) is 5.87. The van der Waals surface area contributed by atoms with E-state index in [-0.39, 0.29) is 18.7 Å². The molecule has 0 aromatic heterocycles. The van der Waals surface area contributed by atoms with Crippen LogP contribution in [-0.4, -0.2) is 24.0 Å². The summed E-state index contributed by atoms with van der Waals surface area (Å²) in [5.74, 6) is -1.03. The number of benzene rings is 1. The van der Waals surface area contributed by atoms with Crippen LogP contribution < -0.4 is 10.6 Å². The van der Waals surface area contributed by atoms with Crippen LogP contribution in [0.1, 0.15) is 24.8 Å². The van der Waals surface area contributed by atoms with Gasteiger partial charge in [0.05, 0.1) is 0 Å². The predicted octanol–water partition coefficient (Wildman–Crippen LogP) is 1.60. The number of rotatable bonds is 7. The summed E-state index contributed by atoms with van der Waals surface area (Å²) in [6.45, 7) is 0.672. The lowest BCUT2D eigenvalue weighted by molar-refractivity contribution is -0.137. The molecule has 0 spiro atoms. The minimum Gasteiger partial charge on any atom is -0.481 e. The molecule has 0 aliphatic heterocycles. The van der Waals surface area contributed by atoms with Gasteiger partial charge in [0.25, 0.3) is 0 Å². The number of para-hydroxylation sites is 1. The van der Waals surface area contributed by atoms with E-state index in [1.807, 2.05) is 31.3 Å². The van der Waals surface area contributed by atoms with E-state index < -0.39 is 5.97 Å². The van der Waals surface area contributed by atoms with Gasteiger partial charge in [-0.25, -0.2) is 0 Å². The number of carbonyl (C=O) groups excluding carboxylic acids is 1. The molecule has 0 aliphatic carbocycles. The van der Waals surface area contributed by atoms with Crippen LogP contribution in [0.2, 0.25) is 0 Å². The Morgan fingerprint density at radius 3 is 2.61 bits per heavy atom. The Hall–Kier alpha value is -1.88. The van der Waals surface area contributed by atoms with E-state index >= 15 is 0 Å². The number of carboxylic acid groups (broad SMARTS) is 1. The van der Waals surface area contributed by atoms with E-state index in [2.05, 4.69) is 10.6 Å². The zero-order valence-electron chi connectivity index (χ0n) is 10.4. The van der Waals surface area contributed by atoms with Gasteiger partial charge in [-0.1, -0.05) is 18.2 Å². The Bertz CT molecular complexity index is 418. The average molecular weight is 250 g/mol. The maximum absolute atomic E-state index is 11.6. The van der Waals surface area contributed by atoms with Crippen LogP contribution >= 0.6 is 0 Å². The molecule has 0 aliphatic rings. The van der Waals surface area contributed by atoms with Gasteiger partial charge in [0.15, 0.2) is 0 Å². The van der Waals surface area contributed by atoms with Gasteiger partial charge in [0.2, 0.25) is 5.91 Å². The van der Waals surface area contributed by atoms with Gasteiger partial charge in [-0.15, -0.1) is 0 Å². The van der Waals surface area contributed by atoms with Gasteiger partial charge >= 0.3 is 5.97 Å². The summed E-state index contributed by atoms with van der Waals surface area (Å²) in [7, 11) is 1.84. The molecule has 1 amide bonds. The molecule has 1 aromatic carbocycles. The first-order chi connectivity index (χ1) is 8.63. The first kappa shape index (κ1) is 14.2. The Morgan fingerprint density at radius 2 is 1.94 bits per heavy atom. The van der Waals surface area contributed by atoms with Crippen molar-refractivity contribution in [3.63, 3.8) is 0 Å². The molecular weight excluding hydrogens is 232 g/mol. The lowest BCUT2D eigenvalue weighted by Crippen LogP contribution is -2.15. The molecule has 0 saturated carbocycles. The third-order valence-corrected chi connectivity index (χ3v) is 2.45. The van der Waals surface area contributed by atoms with Gasteiger partial charge in [-0.3, -0.25) is 9.59 Å². The number of hydrogen-bond donors (Lipinski definition) is 3. The molecule has 0 bridgehead atoms. The van der Waals surface area contributed by atoms with Crippen LogP contribution in [0.5, 0.6) is 0 Å². The van der Waals surface area contributed by atoms with Crippen molar-refractivity contribution in [2.24, 2.45) is 0 Å². The summed E-state index contributed by atoms with van der Waals surface area (Å²) in [5, 5.41) is 14.3. The van der Waals surface area contributed by atoms with Gasteiger partial charge in [0, 0.05) is 25.1 Å². The van der Waals surface area contributed by atoms with Crippen molar-refractivity contribution in [2.75, 3.05) is 12.4 Å². The molecule has 0 unspecified atom stereocenters. The number of carbonyl (C=O) groups is 2. The molecule has 1 rings (SSSR count). The van der Waals surface area contributed by atoms with Crippen molar-refractivity contribution in [3.8, 4) is 0 Å². The van der Waals surface area contributed by atoms with Gasteiger partial charge in [-0.2, -0.15) is 0 Å². The summed E-state index contributed by atoms with van der Waals surface area (Å²) in [6, 6.07) is 7.53. The second-order valence-corrected chi connectivity index (χ2v) is 3.98. The first-order valence-corrected chi connectivity index (χ1v) is 5.87. The number of nitrogens with one attached hydrogen (secondary N) is 2. The number of anilines is 1. The highest BCUT2D eigenvalue weighted by molar-refractivity contribution is 5.91. The van der Waals surface area contributed by atoms with Crippen molar-refractivity contribution >= 4 is 17.6 Å². The van der Waals surface area contributed by atoms with E-state index in [1.165, 1.54) is 0 Å². The van der Waals surface area contributed by atoms with E-state index in [0.29, 0.717) is 13.0 Å². The predicted molar refractivity (Wildman–Crippen MR) is 69.3 cm³/mol. The minimum absolute atomic E-state index is 0.0194. The Balaban J connectivity index is 2.50. The van der Waals surface area contributed by atoms with E-state index in [1.54, 1.807) is 0 Å². The van der Waals surface area contributed by atoms with Crippen molar-refractivity contribution in [3.05, 3.63) is 29.8 Å². The summed E-state index contributed by atoms with van der Waals surface area (Å²) in [6.07, 6.45) is 0.598. The highest BCUT2D eigenvalue weighted by Gasteiger charge is 2.07. The maximum atomic E-state index is 11.6. The standard InChI is InChI=1S/C13H18N2O3/c1-14-9-10-5-2-3-6-11(10)15-12(16)7-4-8-13(17)18/h2-3,5-6,14H,4,7-9H2,1H3,(H,15,16)(H,17,18). The van der Waals surface area contributed by atoms with Crippen molar-refractivity contribution in [1.82, 2.24) is 5.32 Å². The molecule has 5 nitrogen and oxygen atoms in total. The Morgan fingerprint density at radius 1 is 1.22 bits per heavy atom. The zero-order valence-corrected chi connectivity index (χ0v) is 10.4. The number of amides is 1. The second-order valence-electron chi connectivity index (χ2n) is 3.98. The number of carboxylic acids is 1. The number of hydrogen-bond acceptors (Lipinski definition) is 3. The van der Waals surface area contributed by atoms with Gasteiger partial charge < -0.3 is 15.7 Å². The monoisotopic (exact) mass is 250 g/mol. The van der Waals surface area contributed by atoms with Crippen LogP contribution in [0, 0.1) is 0 Å². The summed E-state index contributed by atoms with van der Waals surface area (Å²) >= 11 is 0. The maximum Gasteiger partial charge on any atom is 0.303 e. The second kappa shape index (κ2) is 7.45. The van der Waals surface area contributed by atoms with Crippen molar-refractivity contribution in [1.29, 1.82) is 0 Å². The summed E-state index contributed by atoms with van der Waals surface area (Å²) < 4.78 is 0. The highest BCUT2D eigenvalue weighted by atomic mass is 16.4. The van der Waals surface area contributed by atoms with Crippen molar-refractivity contribution < 1.29 is 14.7 Å². The smallest absolute Gasteiger partial charge is 0.303 e. The molecular formula is C13H18N2O3. The average Bonchev–Trinajstić information content (AvgIpc) is 2.31. The molecule has 1 aromatic rings. The van der Waals surface area contributed by atoms with Crippen LogP contribution in [0.3, 0.4) is 0 Å². The highest BCUT2D eigenvalue weighted by Crippen LogP contribution is 2.15. The molecule has 3 N–H and O–H groups in total. The molecule has 98 valence electrons. The van der Waals surface area contributed by atoms with E-state index in [4.69, 9.17) is 5.11 Å². The van der Waals surface area contributed by atoms with Crippen LogP contribution in [-0.2, 0) is 16.1 Å². The topological polar surface area (TPSA) is 78.4 Å². The summed E-state index contributed by atoms with van der Waals surface area (Å²) in [4.78, 5) is 22.0. The zero-order chi connectivity index (χ0) is 13.4. The van der Waals surface area contributed by atoms with Crippen LogP contribution in [0.15, 0.2) is 24.3 Å². The third-order valence-electron chi connectivity index (χ3n) is 2.45. The van der Waals surface area contributed by atoms with E-state index in [9.17, 15) is 9.59 Å². The summed E-state index contributed by atoms with van der Waals surface area (Å²) in [5.41, 5.74) is 1.78. The fourth-order valence-corrected chi connectivity index (χ4v) is 1.60. The van der Waals surface area contributed by atoms with Gasteiger partial charge in [-0.05, 0) is 25.1 Å². The molecule has 0 saturated heterocycles. The fourth-order valence-electron chi connectivity index (χ4n) is 1.60. The molecule has 18 heavy (non-hydrogen) atoms. The minimum atomic E-state index is -0.876. The quantitative estimate of drug-likeness (QED) is 0.687. The first-order valence-electron chi connectivity index (χ1n) is 5.87. The molecule has 0 radical (unpaired) electrons. The Labute approximate surface area is 106 Å². The molecule has 5 heteroatoms. The largest absolute Gasteiger partial charge is 0.481 e. The van der Waals surface area contributed by atoms with E-state index in [0.717, 1.165) is 11.3 Å². The SMILES string of the molecule is CNCc1ccccc1NC(=O)CCCC(=O)O. The molecule has 0 fully saturated rings. The fraction of sp³-hybridized carbons (Fsp3) is 0.385. The van der Waals surface area contributed by atoms with Crippen LogP contribution in [0.4, 0.5) is 5.69 Å². The normalized spacial score (nSPS) is 10.1.